The van der Waals surface area contributed by atoms with Crippen LogP contribution >= 0.6 is 0 Å². The fourth-order valence-corrected chi connectivity index (χ4v) is 6.81. The van der Waals surface area contributed by atoms with Crippen LogP contribution < -0.4 is 5.56 Å². The molecule has 4 heterocycles. The Kier molecular flexibility index (Phi) is 5.03. The highest BCUT2D eigenvalue weighted by molar-refractivity contribution is 6.07. The zero-order valence-electron chi connectivity index (χ0n) is 20.6. The van der Waals surface area contributed by atoms with Crippen molar-refractivity contribution in [3.63, 3.8) is 0 Å². The molecule has 4 aromatic rings. The van der Waals surface area contributed by atoms with E-state index in [0.29, 0.717) is 17.5 Å². The monoisotopic (exact) mass is 481 g/mol. The first-order valence-corrected chi connectivity index (χ1v) is 13.2. The number of aromatic nitrogens is 3. The van der Waals surface area contributed by atoms with Gasteiger partial charge in [0.15, 0.2) is 0 Å². The topological polar surface area (TPSA) is 74.2 Å². The van der Waals surface area contributed by atoms with Crippen LogP contribution in [0.15, 0.2) is 53.5 Å². The summed E-state index contributed by atoms with van der Waals surface area (Å²) >= 11 is 0. The third-order valence-corrected chi connectivity index (χ3v) is 8.65. The number of rotatable bonds is 4. The summed E-state index contributed by atoms with van der Waals surface area (Å²) in [5.41, 5.74) is 4.49. The van der Waals surface area contributed by atoms with Crippen LogP contribution in [0.1, 0.15) is 59.6 Å². The second kappa shape index (κ2) is 8.30. The Morgan fingerprint density at radius 1 is 1.03 bits per heavy atom. The molecule has 2 aromatic heterocycles. The van der Waals surface area contributed by atoms with Crippen LogP contribution in [0.25, 0.3) is 21.8 Å². The molecule has 2 saturated heterocycles. The van der Waals surface area contributed by atoms with Crippen molar-refractivity contribution >= 4 is 27.7 Å². The minimum Gasteiger partial charge on any atom is -0.333 e. The van der Waals surface area contributed by atoms with Gasteiger partial charge in [0.05, 0.1) is 28.7 Å². The molecule has 0 radical (unpaired) electrons. The smallest absolute Gasteiger partial charge is 0.259 e. The average molecular weight is 482 g/mol. The lowest BCUT2D eigenvalue weighted by Crippen LogP contribution is -2.48. The van der Waals surface area contributed by atoms with Crippen LogP contribution in [-0.4, -0.2) is 55.6 Å². The van der Waals surface area contributed by atoms with Gasteiger partial charge in [0.1, 0.15) is 0 Å². The number of nitrogens with one attached hydrogen (secondary N) is 1. The van der Waals surface area contributed by atoms with Crippen molar-refractivity contribution in [1.82, 2.24) is 24.6 Å². The Morgan fingerprint density at radius 3 is 2.58 bits per heavy atom. The van der Waals surface area contributed by atoms with E-state index in [4.69, 9.17) is 0 Å². The number of aryl methyl sites for hydroxylation is 1. The number of amides is 1. The fraction of sp³-hybridized carbons (Fsp3) is 0.414. The highest BCUT2D eigenvalue weighted by atomic mass is 16.2. The van der Waals surface area contributed by atoms with E-state index < -0.39 is 0 Å². The average Bonchev–Trinajstić information content (AvgIpc) is 3.68. The summed E-state index contributed by atoms with van der Waals surface area (Å²) in [6, 6.07) is 15.5. The first-order chi connectivity index (χ1) is 17.6. The molecule has 3 aliphatic rings. The first-order valence-electron chi connectivity index (χ1n) is 13.2. The number of piperazine rings is 1. The number of likely N-dealkylation sites (tertiary alicyclic amines) is 2. The molecule has 7 nitrogen and oxygen atoms in total. The quantitative estimate of drug-likeness (QED) is 0.469. The van der Waals surface area contributed by atoms with E-state index in [1.807, 2.05) is 23.7 Å². The van der Waals surface area contributed by atoms with E-state index in [9.17, 15) is 9.59 Å². The Hall–Kier alpha value is -3.45. The van der Waals surface area contributed by atoms with Crippen LogP contribution in [0, 0.1) is 6.92 Å². The summed E-state index contributed by atoms with van der Waals surface area (Å²) in [6.45, 7) is 4.60. The third kappa shape index (κ3) is 3.40. The zero-order valence-corrected chi connectivity index (χ0v) is 20.6. The minimum atomic E-state index is -0.115. The molecule has 2 aromatic carbocycles. The van der Waals surface area contributed by atoms with Crippen molar-refractivity contribution in [2.24, 2.45) is 0 Å². The van der Waals surface area contributed by atoms with Crippen molar-refractivity contribution in [2.75, 3.05) is 13.1 Å². The molecule has 7 heteroatoms. The molecule has 3 fully saturated rings. The summed E-state index contributed by atoms with van der Waals surface area (Å²) in [5, 5.41) is 6.15. The Balaban J connectivity index is 1.22. The van der Waals surface area contributed by atoms with Gasteiger partial charge in [-0.25, -0.2) is 0 Å². The number of pyridine rings is 1. The van der Waals surface area contributed by atoms with Crippen molar-refractivity contribution in [2.45, 2.75) is 63.7 Å². The van der Waals surface area contributed by atoms with Crippen molar-refractivity contribution in [3.05, 3.63) is 75.7 Å². The second-order valence-electron chi connectivity index (χ2n) is 10.9. The van der Waals surface area contributed by atoms with Crippen LogP contribution in [0.5, 0.6) is 0 Å². The van der Waals surface area contributed by atoms with Gasteiger partial charge in [-0.1, -0.05) is 43.2 Å². The molecule has 184 valence electrons. The normalized spacial score (nSPS) is 22.4. The molecule has 1 N–H and O–H groups in total. The maximum atomic E-state index is 13.9. The van der Waals surface area contributed by atoms with E-state index in [0.717, 1.165) is 66.4 Å². The van der Waals surface area contributed by atoms with E-state index >= 15 is 0 Å². The summed E-state index contributed by atoms with van der Waals surface area (Å²) in [5.74, 6) is 0.104. The van der Waals surface area contributed by atoms with Crippen LogP contribution in [0.3, 0.4) is 0 Å². The predicted molar refractivity (Wildman–Crippen MR) is 140 cm³/mol. The van der Waals surface area contributed by atoms with Gasteiger partial charge >= 0.3 is 0 Å². The molecule has 1 amide bonds. The fourth-order valence-electron chi connectivity index (χ4n) is 6.81. The first kappa shape index (κ1) is 21.8. The van der Waals surface area contributed by atoms with E-state index in [-0.39, 0.29) is 17.5 Å². The highest BCUT2D eigenvalue weighted by Crippen LogP contribution is 2.36. The lowest BCUT2D eigenvalue weighted by molar-refractivity contribution is 0.0615. The molecule has 0 spiro atoms. The molecular formula is C29H31N5O2. The number of hydrogen-bond acceptors (Lipinski definition) is 4. The van der Waals surface area contributed by atoms with E-state index in [2.05, 4.69) is 50.2 Å². The number of fused-ring (bicyclic) bond motifs is 5. The highest BCUT2D eigenvalue weighted by Gasteiger charge is 2.45. The molecule has 1 aliphatic carbocycles. The van der Waals surface area contributed by atoms with Crippen molar-refractivity contribution in [1.29, 1.82) is 0 Å². The zero-order chi connectivity index (χ0) is 24.4. The molecule has 2 atom stereocenters. The number of carbonyl (C=O) groups is 1. The van der Waals surface area contributed by atoms with Crippen LogP contribution in [-0.2, 0) is 6.54 Å². The predicted octanol–water partition coefficient (Wildman–Crippen LogP) is 4.40. The summed E-state index contributed by atoms with van der Waals surface area (Å²) in [7, 11) is 0. The molecule has 1 saturated carbocycles. The summed E-state index contributed by atoms with van der Waals surface area (Å²) in [4.78, 5) is 34.3. The van der Waals surface area contributed by atoms with E-state index in [1.165, 1.54) is 18.4 Å². The largest absolute Gasteiger partial charge is 0.333 e. The number of nitrogens with zero attached hydrogens (tertiary/aromatic N) is 4. The Bertz CT molecular complexity index is 1530. The minimum absolute atomic E-state index is 0.104. The molecule has 0 unspecified atom stereocenters. The van der Waals surface area contributed by atoms with Crippen molar-refractivity contribution < 1.29 is 4.79 Å². The molecule has 2 aliphatic heterocycles. The van der Waals surface area contributed by atoms with Gasteiger partial charge in [-0.15, -0.1) is 0 Å². The second-order valence-corrected chi connectivity index (χ2v) is 10.9. The molecular weight excluding hydrogens is 450 g/mol. The van der Waals surface area contributed by atoms with Gasteiger partial charge in [0.25, 0.3) is 11.5 Å². The summed E-state index contributed by atoms with van der Waals surface area (Å²) < 4.78 is 2.04. The van der Waals surface area contributed by atoms with Gasteiger partial charge in [-0.05, 0) is 49.4 Å². The van der Waals surface area contributed by atoms with Crippen LogP contribution in [0.4, 0.5) is 0 Å². The maximum absolute atomic E-state index is 13.9. The molecule has 2 bridgehead atoms. The van der Waals surface area contributed by atoms with Gasteiger partial charge in [-0.2, -0.15) is 5.10 Å². The number of carbonyl (C=O) groups excluding carboxylic acids is 1. The molecule has 36 heavy (non-hydrogen) atoms. The SMILES string of the molecule is Cc1cc2[nH]c(=O)c3cnn(C4CCCC4)c3c2cc1C(=O)N1C[C@@H]2C[C@H]1CN2Cc1ccccc1. The van der Waals surface area contributed by atoms with Gasteiger partial charge in [0.2, 0.25) is 0 Å². The van der Waals surface area contributed by atoms with E-state index in [1.54, 1.807) is 6.20 Å². The maximum Gasteiger partial charge on any atom is 0.259 e. The standard InChI is InChI=1S/C29H31N5O2/c1-18-11-26-24(27-25(28(35)31-26)14-30-34(27)20-9-5-6-10-20)13-23(18)29(36)33-17-21-12-22(33)16-32(21)15-19-7-3-2-4-8-19/h2-4,7-8,11,13-14,20-22H,5-6,9-10,12,15-17H2,1H3,(H,31,35)/t21-,22-/m0/s1. The van der Waals surface area contributed by atoms with Gasteiger partial charge in [0, 0.05) is 42.7 Å². The van der Waals surface area contributed by atoms with Crippen molar-refractivity contribution in [3.8, 4) is 0 Å². The third-order valence-electron chi connectivity index (χ3n) is 8.65. The lowest BCUT2D eigenvalue weighted by atomic mass is 10.0. The van der Waals surface area contributed by atoms with Gasteiger partial charge in [-0.3, -0.25) is 19.2 Å². The number of hydrogen-bond donors (Lipinski definition) is 1. The molecule has 7 rings (SSSR count). The number of benzene rings is 2. The lowest BCUT2D eigenvalue weighted by Gasteiger charge is -2.34. The Labute approximate surface area is 209 Å². The number of H-pyrrole nitrogens is 1. The Morgan fingerprint density at radius 2 is 1.83 bits per heavy atom. The van der Waals surface area contributed by atoms with Gasteiger partial charge < -0.3 is 9.88 Å². The number of aromatic amines is 1. The summed E-state index contributed by atoms with van der Waals surface area (Å²) in [6.07, 6.45) is 7.27. The van der Waals surface area contributed by atoms with Crippen LogP contribution in [0.2, 0.25) is 0 Å².